The highest BCUT2D eigenvalue weighted by Crippen LogP contribution is 2.42. The first-order valence-electron chi connectivity index (χ1n) is 9.99. The van der Waals surface area contributed by atoms with Gasteiger partial charge in [0.15, 0.2) is 0 Å². The molecule has 1 atom stereocenters. The number of likely N-dealkylation sites (N-methyl/N-ethyl adjacent to an activating group) is 1. The quantitative estimate of drug-likeness (QED) is 0.810. The molecule has 3 aliphatic heterocycles. The van der Waals surface area contributed by atoms with Crippen LogP contribution in [0.2, 0.25) is 0 Å². The summed E-state index contributed by atoms with van der Waals surface area (Å²) in [7, 11) is 2.16. The molecule has 0 aliphatic carbocycles. The summed E-state index contributed by atoms with van der Waals surface area (Å²) in [6.07, 6.45) is 7.04. The molecule has 26 heavy (non-hydrogen) atoms. The fourth-order valence-corrected chi connectivity index (χ4v) is 4.97. The largest absolute Gasteiger partial charge is 0.355 e. The average molecular weight is 358 g/mol. The Kier molecular flexibility index (Phi) is 4.63. The Hall–Kier alpha value is -1.69. The molecule has 0 N–H and O–H groups in total. The molecule has 0 bridgehead atoms. The fourth-order valence-electron chi connectivity index (χ4n) is 4.97. The number of hydrogen-bond donors (Lipinski definition) is 0. The van der Waals surface area contributed by atoms with Gasteiger partial charge in [0.05, 0.1) is 11.4 Å². The van der Waals surface area contributed by atoms with Crippen molar-refractivity contribution in [2.75, 3.05) is 44.7 Å². The van der Waals surface area contributed by atoms with Crippen LogP contribution in [0.15, 0.2) is 6.20 Å². The van der Waals surface area contributed by atoms with Gasteiger partial charge >= 0.3 is 0 Å². The van der Waals surface area contributed by atoms with E-state index in [0.29, 0.717) is 17.4 Å². The van der Waals surface area contributed by atoms with E-state index in [0.717, 1.165) is 82.0 Å². The summed E-state index contributed by atoms with van der Waals surface area (Å²) in [6, 6.07) is 0.424. The molecular formula is C20H31N5O. The second-order valence-electron chi connectivity index (χ2n) is 8.63. The van der Waals surface area contributed by atoms with E-state index in [4.69, 9.17) is 4.98 Å². The summed E-state index contributed by atoms with van der Waals surface area (Å²) in [4.78, 5) is 28.7. The molecule has 6 nitrogen and oxygen atoms in total. The van der Waals surface area contributed by atoms with Crippen LogP contribution in [-0.2, 0) is 4.79 Å². The predicted molar refractivity (Wildman–Crippen MR) is 102 cm³/mol. The molecule has 1 amide bonds. The summed E-state index contributed by atoms with van der Waals surface area (Å²) in [5.74, 6) is 1.42. The molecule has 4 heterocycles. The molecule has 0 aromatic carbocycles. The van der Waals surface area contributed by atoms with Crippen molar-refractivity contribution in [1.29, 1.82) is 0 Å². The van der Waals surface area contributed by atoms with Gasteiger partial charge in [0.25, 0.3) is 0 Å². The lowest BCUT2D eigenvalue weighted by atomic mass is 9.72. The number of likely N-dealkylation sites (tertiary alicyclic amines) is 2. The van der Waals surface area contributed by atoms with Crippen molar-refractivity contribution in [3.8, 4) is 0 Å². The topological polar surface area (TPSA) is 52.6 Å². The first-order valence-corrected chi connectivity index (χ1v) is 9.99. The zero-order valence-electron chi connectivity index (χ0n) is 16.4. The molecule has 3 fully saturated rings. The molecule has 0 radical (unpaired) electrons. The number of nitrogens with zero attached hydrogens (tertiary/aromatic N) is 5. The zero-order chi connectivity index (χ0) is 18.3. The number of carbonyl (C=O) groups is 1. The Bertz CT molecular complexity index is 683. The molecule has 6 heteroatoms. The minimum Gasteiger partial charge on any atom is -0.355 e. The molecule has 1 aromatic rings. The van der Waals surface area contributed by atoms with Crippen LogP contribution in [0.3, 0.4) is 0 Å². The van der Waals surface area contributed by atoms with Crippen molar-refractivity contribution in [3.63, 3.8) is 0 Å². The molecule has 1 spiro atoms. The standard InChI is InChI=1S/C20H31N5O/c1-15-12-21-16(2)19(22-15)24-10-7-20(8-11-24)6-4-18(26)25(14-20)17-5-9-23(3)13-17/h12,17H,4-11,13-14H2,1-3H3/t17-/m1/s1. The number of rotatable bonds is 2. The van der Waals surface area contributed by atoms with E-state index < -0.39 is 0 Å². The van der Waals surface area contributed by atoms with Gasteiger partial charge in [-0.3, -0.25) is 9.78 Å². The number of hydrogen-bond acceptors (Lipinski definition) is 5. The monoisotopic (exact) mass is 357 g/mol. The smallest absolute Gasteiger partial charge is 0.222 e. The summed E-state index contributed by atoms with van der Waals surface area (Å²) in [6.45, 7) is 9.19. The Morgan fingerprint density at radius 1 is 1.15 bits per heavy atom. The van der Waals surface area contributed by atoms with Crippen molar-refractivity contribution >= 4 is 11.7 Å². The maximum absolute atomic E-state index is 12.6. The lowest BCUT2D eigenvalue weighted by Crippen LogP contribution is -2.55. The Morgan fingerprint density at radius 2 is 1.92 bits per heavy atom. The third kappa shape index (κ3) is 3.31. The van der Waals surface area contributed by atoms with E-state index >= 15 is 0 Å². The van der Waals surface area contributed by atoms with Crippen LogP contribution in [0.5, 0.6) is 0 Å². The van der Waals surface area contributed by atoms with Crippen LogP contribution in [0.25, 0.3) is 0 Å². The van der Waals surface area contributed by atoms with Crippen LogP contribution in [0.4, 0.5) is 5.82 Å². The molecule has 0 saturated carbocycles. The first kappa shape index (κ1) is 17.7. The van der Waals surface area contributed by atoms with Crippen molar-refractivity contribution in [2.45, 2.75) is 52.0 Å². The van der Waals surface area contributed by atoms with E-state index in [-0.39, 0.29) is 0 Å². The molecule has 3 saturated heterocycles. The van der Waals surface area contributed by atoms with Crippen LogP contribution < -0.4 is 4.90 Å². The lowest BCUT2D eigenvalue weighted by Gasteiger charge is -2.49. The maximum Gasteiger partial charge on any atom is 0.222 e. The number of aromatic nitrogens is 2. The van der Waals surface area contributed by atoms with E-state index in [2.05, 4.69) is 26.7 Å². The fraction of sp³-hybridized carbons (Fsp3) is 0.750. The van der Waals surface area contributed by atoms with Gasteiger partial charge in [-0.2, -0.15) is 0 Å². The van der Waals surface area contributed by atoms with Gasteiger partial charge in [-0.25, -0.2) is 4.98 Å². The molecule has 142 valence electrons. The third-order valence-electron chi connectivity index (χ3n) is 6.68. The average Bonchev–Trinajstić information content (AvgIpc) is 3.06. The van der Waals surface area contributed by atoms with Crippen molar-refractivity contribution < 1.29 is 4.79 Å². The van der Waals surface area contributed by atoms with E-state index in [1.807, 2.05) is 20.0 Å². The number of carbonyl (C=O) groups excluding carboxylic acids is 1. The second-order valence-corrected chi connectivity index (χ2v) is 8.63. The molecule has 3 aliphatic rings. The number of piperidine rings is 2. The highest BCUT2D eigenvalue weighted by Gasteiger charge is 2.44. The summed E-state index contributed by atoms with van der Waals surface area (Å²) in [5, 5.41) is 0. The highest BCUT2D eigenvalue weighted by atomic mass is 16.2. The minimum atomic E-state index is 0.302. The molecule has 0 unspecified atom stereocenters. The van der Waals surface area contributed by atoms with Gasteiger partial charge in [0, 0.05) is 44.8 Å². The summed E-state index contributed by atoms with van der Waals surface area (Å²) in [5.41, 5.74) is 2.29. The first-order chi connectivity index (χ1) is 12.5. The van der Waals surface area contributed by atoms with Crippen molar-refractivity contribution in [1.82, 2.24) is 19.8 Å². The summed E-state index contributed by atoms with van der Waals surface area (Å²) < 4.78 is 0. The lowest BCUT2D eigenvalue weighted by molar-refractivity contribution is -0.141. The predicted octanol–water partition coefficient (Wildman–Crippen LogP) is 2.01. The van der Waals surface area contributed by atoms with Crippen molar-refractivity contribution in [3.05, 3.63) is 17.6 Å². The Labute approximate surface area is 156 Å². The molecule has 1 aromatic heterocycles. The number of aryl methyl sites for hydroxylation is 2. The normalized spacial score (nSPS) is 26.7. The Morgan fingerprint density at radius 3 is 2.62 bits per heavy atom. The molecular weight excluding hydrogens is 326 g/mol. The molecule has 4 rings (SSSR count). The van der Waals surface area contributed by atoms with E-state index in [1.165, 1.54) is 0 Å². The minimum absolute atomic E-state index is 0.302. The number of amides is 1. The highest BCUT2D eigenvalue weighted by molar-refractivity contribution is 5.77. The van der Waals surface area contributed by atoms with Gasteiger partial charge < -0.3 is 14.7 Å². The van der Waals surface area contributed by atoms with Gasteiger partial charge in [-0.1, -0.05) is 0 Å². The number of anilines is 1. The van der Waals surface area contributed by atoms with E-state index in [1.54, 1.807) is 0 Å². The third-order valence-corrected chi connectivity index (χ3v) is 6.68. The van der Waals surface area contributed by atoms with Gasteiger partial charge in [0.1, 0.15) is 5.82 Å². The van der Waals surface area contributed by atoms with Crippen molar-refractivity contribution in [2.24, 2.45) is 5.41 Å². The van der Waals surface area contributed by atoms with Gasteiger partial charge in [0.2, 0.25) is 5.91 Å². The zero-order valence-corrected chi connectivity index (χ0v) is 16.4. The van der Waals surface area contributed by atoms with Crippen LogP contribution in [0, 0.1) is 19.3 Å². The maximum atomic E-state index is 12.6. The van der Waals surface area contributed by atoms with Gasteiger partial charge in [-0.05, 0) is 58.5 Å². The van der Waals surface area contributed by atoms with Crippen LogP contribution in [-0.4, -0.2) is 71.5 Å². The van der Waals surface area contributed by atoms with E-state index in [9.17, 15) is 4.79 Å². The van der Waals surface area contributed by atoms with Gasteiger partial charge in [-0.15, -0.1) is 0 Å². The summed E-state index contributed by atoms with van der Waals surface area (Å²) >= 11 is 0. The second kappa shape index (κ2) is 6.80. The Balaban J connectivity index is 1.44. The van der Waals surface area contributed by atoms with Crippen LogP contribution >= 0.6 is 0 Å². The SMILES string of the molecule is Cc1cnc(C)c(N2CCC3(CCC(=O)N([C@@H]4CCN(C)C4)C3)CC2)n1. The van der Waals surface area contributed by atoms with Crippen LogP contribution in [0.1, 0.15) is 43.5 Å².